The van der Waals surface area contributed by atoms with Gasteiger partial charge in [-0.3, -0.25) is 4.98 Å². The first-order chi connectivity index (χ1) is 8.70. The largest absolute Gasteiger partial charge is 0.354 e. The first kappa shape index (κ1) is 13.2. The highest BCUT2D eigenvalue weighted by Crippen LogP contribution is 2.17. The molecule has 0 amide bonds. The minimum absolute atomic E-state index is 0.739. The predicted octanol–water partition coefficient (Wildman–Crippen LogP) is 0.564. The molecule has 2 rings (SSSR count). The van der Waals surface area contributed by atoms with Crippen molar-refractivity contribution in [3.8, 4) is 0 Å². The summed E-state index contributed by atoms with van der Waals surface area (Å²) in [6.07, 6.45) is 2.99. The first-order valence-corrected chi connectivity index (χ1v) is 6.68. The third kappa shape index (κ3) is 3.17. The maximum atomic E-state index is 5.62. The molecule has 1 aliphatic rings. The van der Waals surface area contributed by atoms with Gasteiger partial charge in [0, 0.05) is 38.9 Å². The van der Waals surface area contributed by atoms with Gasteiger partial charge in [-0.1, -0.05) is 0 Å². The van der Waals surface area contributed by atoms with Crippen molar-refractivity contribution in [1.29, 1.82) is 0 Å². The van der Waals surface area contributed by atoms with Gasteiger partial charge < -0.3 is 15.5 Å². The minimum atomic E-state index is 0.739. The van der Waals surface area contributed by atoms with Crippen LogP contribution in [0.4, 0.5) is 5.82 Å². The Bertz CT molecular complexity index is 393. The lowest BCUT2D eigenvalue weighted by Crippen LogP contribution is -2.34. The lowest BCUT2D eigenvalue weighted by molar-refractivity contribution is 0.302. The third-order valence-corrected chi connectivity index (χ3v) is 3.38. The quantitative estimate of drug-likeness (QED) is 0.848. The van der Waals surface area contributed by atoms with E-state index in [0.717, 1.165) is 62.9 Å². The van der Waals surface area contributed by atoms with E-state index in [4.69, 9.17) is 5.73 Å². The monoisotopic (exact) mass is 249 g/mol. The highest BCUT2D eigenvalue weighted by molar-refractivity contribution is 5.43. The highest BCUT2D eigenvalue weighted by Gasteiger charge is 2.17. The van der Waals surface area contributed by atoms with Gasteiger partial charge in [0.05, 0.1) is 11.4 Å². The van der Waals surface area contributed by atoms with Gasteiger partial charge in [-0.15, -0.1) is 0 Å². The second-order valence-electron chi connectivity index (χ2n) is 4.89. The second-order valence-corrected chi connectivity index (χ2v) is 4.89. The van der Waals surface area contributed by atoms with Crippen molar-refractivity contribution in [2.75, 3.05) is 44.2 Å². The normalized spacial score (nSPS) is 17.8. The molecule has 2 N–H and O–H groups in total. The summed E-state index contributed by atoms with van der Waals surface area (Å²) in [5, 5.41) is 0. The summed E-state index contributed by atoms with van der Waals surface area (Å²) in [6, 6.07) is 0. The fraction of sp³-hybridized carbons (Fsp3) is 0.692. The van der Waals surface area contributed by atoms with Crippen LogP contribution < -0.4 is 10.6 Å². The molecule has 0 bridgehead atoms. The van der Waals surface area contributed by atoms with Gasteiger partial charge in [-0.25, -0.2) is 4.98 Å². The molecule has 0 unspecified atom stereocenters. The van der Waals surface area contributed by atoms with Crippen molar-refractivity contribution in [1.82, 2.24) is 14.9 Å². The van der Waals surface area contributed by atoms with Crippen molar-refractivity contribution >= 4 is 5.82 Å². The van der Waals surface area contributed by atoms with Gasteiger partial charge >= 0.3 is 0 Å². The van der Waals surface area contributed by atoms with Crippen LogP contribution in [0.25, 0.3) is 0 Å². The van der Waals surface area contributed by atoms with Crippen LogP contribution in [0.3, 0.4) is 0 Å². The van der Waals surface area contributed by atoms with E-state index in [1.165, 1.54) is 0 Å². The van der Waals surface area contributed by atoms with Gasteiger partial charge in [-0.2, -0.15) is 0 Å². The van der Waals surface area contributed by atoms with E-state index in [1.54, 1.807) is 0 Å². The molecule has 0 spiro atoms. The number of hydrogen-bond acceptors (Lipinski definition) is 5. The Hall–Kier alpha value is -1.20. The van der Waals surface area contributed by atoms with E-state index in [-0.39, 0.29) is 0 Å². The number of nitrogens with two attached hydrogens (primary N) is 1. The topological polar surface area (TPSA) is 58.3 Å². The number of nitrogens with zero attached hydrogens (tertiary/aromatic N) is 4. The molecular formula is C13H23N5. The summed E-state index contributed by atoms with van der Waals surface area (Å²) < 4.78 is 0. The molecule has 1 aromatic rings. The van der Waals surface area contributed by atoms with Crippen LogP contribution in [-0.2, 0) is 0 Å². The SMILES string of the molecule is Cc1cnc(C)c(N2CCCN(CCN)CC2)n1. The van der Waals surface area contributed by atoms with Gasteiger partial charge in [0.2, 0.25) is 0 Å². The third-order valence-electron chi connectivity index (χ3n) is 3.38. The average Bonchev–Trinajstić information content (AvgIpc) is 2.58. The number of aryl methyl sites for hydroxylation is 2. The fourth-order valence-corrected chi connectivity index (χ4v) is 2.41. The first-order valence-electron chi connectivity index (χ1n) is 6.68. The molecular weight excluding hydrogens is 226 g/mol. The lowest BCUT2D eigenvalue weighted by atomic mass is 10.3. The van der Waals surface area contributed by atoms with Crippen molar-refractivity contribution in [2.24, 2.45) is 5.73 Å². The van der Waals surface area contributed by atoms with Crippen LogP contribution in [0.15, 0.2) is 6.20 Å². The van der Waals surface area contributed by atoms with Crippen LogP contribution in [0.2, 0.25) is 0 Å². The molecule has 1 aliphatic heterocycles. The van der Waals surface area contributed by atoms with Crippen LogP contribution in [0.5, 0.6) is 0 Å². The van der Waals surface area contributed by atoms with Gasteiger partial charge in [0.15, 0.2) is 0 Å². The molecule has 5 heteroatoms. The van der Waals surface area contributed by atoms with E-state index in [1.807, 2.05) is 20.0 Å². The van der Waals surface area contributed by atoms with Crippen LogP contribution in [0.1, 0.15) is 17.8 Å². The molecule has 0 aromatic carbocycles. The maximum Gasteiger partial charge on any atom is 0.150 e. The molecule has 1 saturated heterocycles. The molecule has 0 atom stereocenters. The molecule has 0 saturated carbocycles. The molecule has 5 nitrogen and oxygen atoms in total. The van der Waals surface area contributed by atoms with Gasteiger partial charge in [0.1, 0.15) is 5.82 Å². The van der Waals surface area contributed by atoms with E-state index in [9.17, 15) is 0 Å². The second kappa shape index (κ2) is 6.11. The zero-order chi connectivity index (χ0) is 13.0. The molecule has 1 fully saturated rings. The molecule has 2 heterocycles. The Kier molecular flexibility index (Phi) is 4.49. The highest BCUT2D eigenvalue weighted by atomic mass is 15.3. The number of rotatable bonds is 3. The molecule has 18 heavy (non-hydrogen) atoms. The van der Waals surface area contributed by atoms with Crippen molar-refractivity contribution in [3.05, 3.63) is 17.6 Å². The minimum Gasteiger partial charge on any atom is -0.354 e. The Labute approximate surface area is 109 Å². The standard InChI is InChI=1S/C13H23N5/c1-11-10-15-12(2)13(16-11)18-6-3-5-17(7-4-14)8-9-18/h10H,3-9,14H2,1-2H3. The van der Waals surface area contributed by atoms with Crippen molar-refractivity contribution in [3.63, 3.8) is 0 Å². The van der Waals surface area contributed by atoms with Gasteiger partial charge in [0.25, 0.3) is 0 Å². The summed E-state index contributed by atoms with van der Waals surface area (Å²) in [5.41, 5.74) is 7.63. The Morgan fingerprint density at radius 3 is 2.83 bits per heavy atom. The van der Waals surface area contributed by atoms with Crippen molar-refractivity contribution in [2.45, 2.75) is 20.3 Å². The summed E-state index contributed by atoms with van der Waals surface area (Å²) in [5.74, 6) is 1.05. The molecule has 100 valence electrons. The zero-order valence-electron chi connectivity index (χ0n) is 11.4. The van der Waals surface area contributed by atoms with E-state index in [2.05, 4.69) is 19.8 Å². The summed E-state index contributed by atoms with van der Waals surface area (Å²) >= 11 is 0. The number of aromatic nitrogens is 2. The van der Waals surface area contributed by atoms with E-state index in [0.29, 0.717) is 0 Å². The van der Waals surface area contributed by atoms with Crippen LogP contribution in [0, 0.1) is 13.8 Å². The van der Waals surface area contributed by atoms with Crippen LogP contribution in [-0.4, -0.2) is 54.1 Å². The van der Waals surface area contributed by atoms with E-state index < -0.39 is 0 Å². The fourth-order valence-electron chi connectivity index (χ4n) is 2.41. The summed E-state index contributed by atoms with van der Waals surface area (Å²) in [4.78, 5) is 13.8. The van der Waals surface area contributed by atoms with E-state index >= 15 is 0 Å². The van der Waals surface area contributed by atoms with Crippen molar-refractivity contribution < 1.29 is 0 Å². The Balaban J connectivity index is 2.07. The molecule has 0 radical (unpaired) electrons. The maximum absolute atomic E-state index is 5.62. The predicted molar refractivity (Wildman–Crippen MR) is 73.8 cm³/mol. The average molecular weight is 249 g/mol. The van der Waals surface area contributed by atoms with Gasteiger partial charge in [-0.05, 0) is 26.8 Å². The number of hydrogen-bond donors (Lipinski definition) is 1. The summed E-state index contributed by atoms with van der Waals surface area (Å²) in [7, 11) is 0. The Morgan fingerprint density at radius 1 is 1.22 bits per heavy atom. The smallest absolute Gasteiger partial charge is 0.150 e. The lowest BCUT2D eigenvalue weighted by Gasteiger charge is -2.23. The number of anilines is 1. The Morgan fingerprint density at radius 2 is 2.06 bits per heavy atom. The zero-order valence-corrected chi connectivity index (χ0v) is 11.4. The molecule has 0 aliphatic carbocycles. The summed E-state index contributed by atoms with van der Waals surface area (Å²) in [6.45, 7) is 10.0. The van der Waals surface area contributed by atoms with Crippen LogP contribution >= 0.6 is 0 Å². The molecule has 1 aromatic heterocycles.